The molecule has 0 saturated heterocycles. The van der Waals surface area contributed by atoms with Crippen LogP contribution in [0.5, 0.6) is 0 Å². The van der Waals surface area contributed by atoms with Gasteiger partial charge in [0, 0.05) is 31.9 Å². The Morgan fingerprint density at radius 1 is 0.935 bits per heavy atom. The predicted octanol–water partition coefficient (Wildman–Crippen LogP) is 6.63. The SMILES string of the molecule is CNC(=O)N(CC[C@@H](CF)N1C(=O)c2ccccc2C1=O)[C@@H](c1nc(-c2cc(F)ccc2F)cn1Cc1ccccc1)C(C)(C)C. The molecule has 0 spiro atoms. The first-order valence-electron chi connectivity index (χ1n) is 15.0. The van der Waals surface area contributed by atoms with Crippen molar-refractivity contribution in [1.82, 2.24) is 24.7 Å². The minimum absolute atomic E-state index is 0.0321. The Labute approximate surface area is 265 Å². The molecule has 3 aromatic carbocycles. The van der Waals surface area contributed by atoms with Gasteiger partial charge in [-0.15, -0.1) is 0 Å². The van der Waals surface area contributed by atoms with Crippen LogP contribution in [0.1, 0.15) is 65.3 Å². The van der Waals surface area contributed by atoms with Gasteiger partial charge in [-0.1, -0.05) is 63.2 Å². The highest BCUT2D eigenvalue weighted by Crippen LogP contribution is 2.40. The topological polar surface area (TPSA) is 87.5 Å². The van der Waals surface area contributed by atoms with E-state index in [0.29, 0.717) is 12.4 Å². The summed E-state index contributed by atoms with van der Waals surface area (Å²) in [6, 6.07) is 16.6. The molecule has 46 heavy (non-hydrogen) atoms. The summed E-state index contributed by atoms with van der Waals surface area (Å²) >= 11 is 0. The summed E-state index contributed by atoms with van der Waals surface area (Å²) < 4.78 is 45.6. The summed E-state index contributed by atoms with van der Waals surface area (Å²) in [5.74, 6) is -2.04. The fourth-order valence-corrected chi connectivity index (χ4v) is 5.97. The molecule has 1 aromatic heterocycles. The Balaban J connectivity index is 1.55. The number of nitrogens with zero attached hydrogens (tertiary/aromatic N) is 4. The van der Waals surface area contributed by atoms with E-state index in [9.17, 15) is 27.6 Å². The van der Waals surface area contributed by atoms with Crippen LogP contribution >= 0.6 is 0 Å². The molecule has 11 heteroatoms. The van der Waals surface area contributed by atoms with Gasteiger partial charge in [0.15, 0.2) is 0 Å². The van der Waals surface area contributed by atoms with Crippen molar-refractivity contribution in [1.29, 1.82) is 0 Å². The zero-order chi connectivity index (χ0) is 33.2. The number of hydrogen-bond donors (Lipinski definition) is 1. The van der Waals surface area contributed by atoms with Gasteiger partial charge in [-0.3, -0.25) is 14.5 Å². The number of fused-ring (bicyclic) bond motifs is 1. The number of carbonyl (C=O) groups is 3. The van der Waals surface area contributed by atoms with Crippen LogP contribution in [0.15, 0.2) is 79.0 Å². The maximum atomic E-state index is 15.0. The Bertz CT molecular complexity index is 1720. The number of nitrogens with one attached hydrogen (secondary N) is 1. The first-order valence-corrected chi connectivity index (χ1v) is 15.0. The second-order valence-electron chi connectivity index (χ2n) is 12.4. The number of rotatable bonds is 10. The van der Waals surface area contributed by atoms with Gasteiger partial charge in [-0.25, -0.2) is 22.9 Å². The van der Waals surface area contributed by atoms with Gasteiger partial charge in [0.25, 0.3) is 11.8 Å². The van der Waals surface area contributed by atoms with Crippen molar-refractivity contribution < 1.29 is 27.6 Å². The highest BCUT2D eigenvalue weighted by Gasteiger charge is 2.42. The summed E-state index contributed by atoms with van der Waals surface area (Å²) in [4.78, 5) is 47.1. The van der Waals surface area contributed by atoms with Crippen molar-refractivity contribution in [3.05, 3.63) is 113 Å². The van der Waals surface area contributed by atoms with Gasteiger partial charge in [0.05, 0.1) is 28.9 Å². The van der Waals surface area contributed by atoms with Crippen LogP contribution in [-0.4, -0.2) is 63.5 Å². The Morgan fingerprint density at radius 3 is 2.15 bits per heavy atom. The largest absolute Gasteiger partial charge is 0.341 e. The van der Waals surface area contributed by atoms with E-state index in [2.05, 4.69) is 5.32 Å². The average molecular weight is 632 g/mol. The zero-order valence-corrected chi connectivity index (χ0v) is 26.1. The van der Waals surface area contributed by atoms with Crippen LogP contribution < -0.4 is 5.32 Å². The minimum Gasteiger partial charge on any atom is -0.341 e. The maximum absolute atomic E-state index is 15.0. The van der Waals surface area contributed by atoms with E-state index in [1.165, 1.54) is 24.1 Å². The van der Waals surface area contributed by atoms with E-state index in [4.69, 9.17) is 4.98 Å². The van der Waals surface area contributed by atoms with E-state index in [1.54, 1.807) is 22.9 Å². The number of hydrogen-bond acceptors (Lipinski definition) is 4. The fraction of sp³-hybridized carbons (Fsp3) is 0.314. The first kappa shape index (κ1) is 32.5. The van der Waals surface area contributed by atoms with Crippen molar-refractivity contribution in [2.24, 2.45) is 5.41 Å². The molecule has 0 saturated carbocycles. The molecular formula is C35H36F3N5O3. The molecule has 4 aromatic rings. The summed E-state index contributed by atoms with van der Waals surface area (Å²) in [6.07, 6.45) is 1.58. The number of alkyl halides is 1. The Hall–Kier alpha value is -4.93. The molecule has 0 fully saturated rings. The van der Waals surface area contributed by atoms with Gasteiger partial charge in [-0.2, -0.15) is 0 Å². The average Bonchev–Trinajstić information content (AvgIpc) is 3.55. The molecule has 0 radical (unpaired) electrons. The molecule has 0 bridgehead atoms. The standard InChI is InChI=1S/C35H36F3N5O3/c1-35(2,3)30(31-40-29(27-18-23(37)14-15-28(27)38)21-41(31)20-22-10-6-5-7-11-22)42(34(46)39-4)17-16-24(19-36)43-32(44)25-12-8-9-13-26(25)33(43)45/h5-15,18,21,24,30H,16-17,19-20H2,1-4H3,(H,39,46)/t24-,30-/m0/s1. The molecule has 1 aliphatic heterocycles. The molecule has 1 aliphatic rings. The molecule has 1 N–H and O–H groups in total. The highest BCUT2D eigenvalue weighted by atomic mass is 19.1. The fourth-order valence-electron chi connectivity index (χ4n) is 5.97. The second kappa shape index (κ2) is 13.2. The third kappa shape index (κ3) is 6.40. The van der Waals surface area contributed by atoms with Crippen molar-refractivity contribution in [3.8, 4) is 11.3 Å². The minimum atomic E-state index is -1.12. The third-order valence-electron chi connectivity index (χ3n) is 8.13. The Morgan fingerprint density at radius 2 is 1.57 bits per heavy atom. The van der Waals surface area contributed by atoms with E-state index >= 15 is 0 Å². The predicted molar refractivity (Wildman–Crippen MR) is 168 cm³/mol. The number of urea groups is 1. The molecule has 2 heterocycles. The lowest BCUT2D eigenvalue weighted by Gasteiger charge is -2.40. The summed E-state index contributed by atoms with van der Waals surface area (Å²) in [5.41, 5.74) is 0.806. The summed E-state index contributed by atoms with van der Waals surface area (Å²) in [6.45, 7) is 5.00. The lowest BCUT2D eigenvalue weighted by atomic mass is 9.84. The lowest BCUT2D eigenvalue weighted by Crippen LogP contribution is -2.49. The van der Waals surface area contributed by atoms with Crippen LogP contribution in [-0.2, 0) is 6.54 Å². The van der Waals surface area contributed by atoms with Crippen LogP contribution in [0.3, 0.4) is 0 Å². The molecule has 5 rings (SSSR count). The van der Waals surface area contributed by atoms with Crippen molar-refractivity contribution >= 4 is 17.8 Å². The summed E-state index contributed by atoms with van der Waals surface area (Å²) in [7, 11) is 1.47. The molecule has 8 nitrogen and oxygen atoms in total. The van der Waals surface area contributed by atoms with Crippen LogP contribution in [0.4, 0.5) is 18.0 Å². The quantitative estimate of drug-likeness (QED) is 0.199. The van der Waals surface area contributed by atoms with E-state index in [0.717, 1.165) is 28.7 Å². The van der Waals surface area contributed by atoms with Gasteiger partial charge < -0.3 is 14.8 Å². The number of benzene rings is 3. The number of amides is 4. The van der Waals surface area contributed by atoms with Crippen LogP contribution in [0.25, 0.3) is 11.3 Å². The molecule has 2 atom stereocenters. The van der Waals surface area contributed by atoms with Gasteiger partial charge >= 0.3 is 6.03 Å². The number of halogens is 3. The molecule has 240 valence electrons. The van der Waals surface area contributed by atoms with Crippen molar-refractivity contribution in [3.63, 3.8) is 0 Å². The highest BCUT2D eigenvalue weighted by molar-refractivity contribution is 6.21. The lowest BCUT2D eigenvalue weighted by molar-refractivity contribution is 0.0519. The van der Waals surface area contributed by atoms with Crippen LogP contribution in [0.2, 0.25) is 0 Å². The van der Waals surface area contributed by atoms with Crippen molar-refractivity contribution in [2.75, 3.05) is 20.3 Å². The number of imidazole rings is 1. The molecular weight excluding hydrogens is 595 g/mol. The second-order valence-corrected chi connectivity index (χ2v) is 12.4. The van der Waals surface area contributed by atoms with Crippen molar-refractivity contribution in [2.45, 2.75) is 45.8 Å². The van der Waals surface area contributed by atoms with E-state index < -0.39 is 53.7 Å². The molecule has 0 unspecified atom stereocenters. The first-order chi connectivity index (χ1) is 21.9. The third-order valence-corrected chi connectivity index (χ3v) is 8.13. The Kier molecular flexibility index (Phi) is 9.32. The van der Waals surface area contributed by atoms with Gasteiger partial charge in [0.2, 0.25) is 0 Å². The smallest absolute Gasteiger partial charge is 0.317 e. The maximum Gasteiger partial charge on any atom is 0.317 e. The van der Waals surface area contributed by atoms with Crippen LogP contribution in [0, 0.1) is 17.0 Å². The summed E-state index contributed by atoms with van der Waals surface area (Å²) in [5, 5.41) is 2.65. The molecule has 0 aliphatic carbocycles. The van der Waals surface area contributed by atoms with Gasteiger partial charge in [0.1, 0.15) is 24.1 Å². The van der Waals surface area contributed by atoms with E-state index in [-0.39, 0.29) is 35.3 Å². The number of carbonyl (C=O) groups excluding carboxylic acids is 3. The normalized spacial score (nSPS) is 14.3. The monoisotopic (exact) mass is 631 g/mol. The van der Waals surface area contributed by atoms with E-state index in [1.807, 2.05) is 51.1 Å². The van der Waals surface area contributed by atoms with Gasteiger partial charge in [-0.05, 0) is 47.7 Å². The number of aromatic nitrogens is 2. The number of imide groups is 1. The molecule has 4 amide bonds. The zero-order valence-electron chi connectivity index (χ0n) is 26.1.